The highest BCUT2D eigenvalue weighted by Crippen LogP contribution is 2.18. The smallest absolute Gasteiger partial charge is 0.0651 e. The number of H-pyrrole nitrogens is 1. The Bertz CT molecular complexity index is 533. The van der Waals surface area contributed by atoms with Gasteiger partial charge in [0, 0.05) is 29.7 Å². The summed E-state index contributed by atoms with van der Waals surface area (Å²) >= 11 is 0. The summed E-state index contributed by atoms with van der Waals surface area (Å²) in [5.41, 5.74) is 2.21. The Morgan fingerprint density at radius 1 is 1.53 bits per heavy atom. The van der Waals surface area contributed by atoms with Crippen LogP contribution in [0.25, 0.3) is 10.9 Å². The third-order valence-corrected chi connectivity index (χ3v) is 3.49. The number of anilines is 1. The van der Waals surface area contributed by atoms with Gasteiger partial charge in [-0.05, 0) is 31.5 Å². The molecular formula is C14H20N4O. The summed E-state index contributed by atoms with van der Waals surface area (Å²) in [6.45, 7) is 4.80. The molecule has 19 heavy (non-hydrogen) atoms. The highest BCUT2D eigenvalue weighted by Gasteiger charge is 2.16. The Morgan fingerprint density at radius 2 is 2.47 bits per heavy atom. The summed E-state index contributed by atoms with van der Waals surface area (Å²) in [7, 11) is 0. The van der Waals surface area contributed by atoms with Gasteiger partial charge in [0.15, 0.2) is 0 Å². The van der Waals surface area contributed by atoms with Crippen LogP contribution >= 0.6 is 0 Å². The number of aromatic nitrogens is 2. The van der Waals surface area contributed by atoms with Crippen LogP contribution < -0.4 is 10.6 Å². The lowest BCUT2D eigenvalue weighted by Crippen LogP contribution is -2.43. The van der Waals surface area contributed by atoms with Crippen molar-refractivity contribution >= 4 is 16.6 Å². The third-order valence-electron chi connectivity index (χ3n) is 3.49. The lowest BCUT2D eigenvalue weighted by atomic mass is 10.1. The van der Waals surface area contributed by atoms with Crippen molar-refractivity contribution in [2.75, 3.05) is 25.1 Å². The zero-order chi connectivity index (χ0) is 13.1. The molecule has 0 amide bonds. The average molecular weight is 260 g/mol. The zero-order valence-corrected chi connectivity index (χ0v) is 11.1. The topological polar surface area (TPSA) is 62.0 Å². The van der Waals surface area contributed by atoms with E-state index in [2.05, 4.69) is 46.0 Å². The largest absolute Gasteiger partial charge is 0.383 e. The highest BCUT2D eigenvalue weighted by atomic mass is 16.5. The van der Waals surface area contributed by atoms with Crippen molar-refractivity contribution in [3.05, 3.63) is 24.4 Å². The molecule has 0 bridgehead atoms. The molecule has 5 nitrogen and oxygen atoms in total. The number of hydrogen-bond donors (Lipinski definition) is 3. The fraction of sp³-hybridized carbons (Fsp3) is 0.500. The molecule has 3 N–H and O–H groups in total. The Morgan fingerprint density at radius 3 is 3.32 bits per heavy atom. The number of nitrogens with zero attached hydrogens (tertiary/aromatic N) is 1. The summed E-state index contributed by atoms with van der Waals surface area (Å²) in [6, 6.07) is 7.12. The van der Waals surface area contributed by atoms with E-state index in [9.17, 15) is 0 Å². The molecule has 1 saturated heterocycles. The van der Waals surface area contributed by atoms with Crippen LogP contribution in [0.3, 0.4) is 0 Å². The molecule has 1 aromatic heterocycles. The summed E-state index contributed by atoms with van der Waals surface area (Å²) in [6.07, 6.45) is 2.91. The minimum Gasteiger partial charge on any atom is -0.383 e. The Balaban J connectivity index is 1.59. The molecule has 2 unspecified atom stereocenters. The number of morpholine rings is 1. The minimum absolute atomic E-state index is 0.406. The fourth-order valence-corrected chi connectivity index (χ4v) is 2.57. The van der Waals surface area contributed by atoms with E-state index in [1.165, 1.54) is 0 Å². The molecule has 0 radical (unpaired) electrons. The van der Waals surface area contributed by atoms with E-state index in [0.29, 0.717) is 12.1 Å². The highest BCUT2D eigenvalue weighted by molar-refractivity contribution is 5.81. The summed E-state index contributed by atoms with van der Waals surface area (Å²) < 4.78 is 5.48. The fourth-order valence-electron chi connectivity index (χ4n) is 2.57. The molecule has 1 aliphatic rings. The number of benzene rings is 1. The monoisotopic (exact) mass is 260 g/mol. The van der Waals surface area contributed by atoms with E-state index >= 15 is 0 Å². The van der Waals surface area contributed by atoms with Crippen LogP contribution in [0.2, 0.25) is 0 Å². The van der Waals surface area contributed by atoms with Crippen LogP contribution in [0.15, 0.2) is 24.4 Å². The SMILES string of the molecule is CC(CC1COCCN1)Nc1ccc2[nH]ncc2c1. The molecule has 1 fully saturated rings. The maximum atomic E-state index is 5.48. The van der Waals surface area contributed by atoms with E-state index in [4.69, 9.17) is 4.74 Å². The van der Waals surface area contributed by atoms with Crippen LogP contribution in [0, 0.1) is 0 Å². The van der Waals surface area contributed by atoms with Gasteiger partial charge in [-0.2, -0.15) is 5.10 Å². The Hall–Kier alpha value is -1.59. The first-order chi connectivity index (χ1) is 9.31. The standard InChI is InChI=1S/C14H20N4O/c1-10(6-13-9-19-5-4-15-13)17-12-2-3-14-11(7-12)8-16-18-14/h2-3,7-8,10,13,15,17H,4-6,9H2,1H3,(H,16,18). The summed E-state index contributed by atoms with van der Waals surface area (Å²) in [4.78, 5) is 0. The van der Waals surface area contributed by atoms with E-state index in [0.717, 1.165) is 42.8 Å². The van der Waals surface area contributed by atoms with Gasteiger partial charge in [-0.25, -0.2) is 0 Å². The maximum absolute atomic E-state index is 5.48. The summed E-state index contributed by atoms with van der Waals surface area (Å²) in [5.74, 6) is 0. The van der Waals surface area contributed by atoms with Gasteiger partial charge in [0.2, 0.25) is 0 Å². The molecule has 1 aliphatic heterocycles. The van der Waals surface area contributed by atoms with Gasteiger partial charge < -0.3 is 15.4 Å². The quantitative estimate of drug-likeness (QED) is 0.783. The molecule has 3 rings (SSSR count). The number of aromatic amines is 1. The first-order valence-electron chi connectivity index (χ1n) is 6.82. The second-order valence-corrected chi connectivity index (χ2v) is 5.18. The van der Waals surface area contributed by atoms with Crippen LogP contribution in [0.5, 0.6) is 0 Å². The van der Waals surface area contributed by atoms with Crippen molar-refractivity contribution < 1.29 is 4.74 Å². The van der Waals surface area contributed by atoms with E-state index in [1.54, 1.807) is 0 Å². The Kier molecular flexibility index (Phi) is 3.66. The third kappa shape index (κ3) is 3.05. The van der Waals surface area contributed by atoms with Gasteiger partial charge in [0.05, 0.1) is 24.9 Å². The van der Waals surface area contributed by atoms with Crippen LogP contribution in [0.1, 0.15) is 13.3 Å². The minimum atomic E-state index is 0.406. The van der Waals surface area contributed by atoms with E-state index in [1.807, 2.05) is 6.20 Å². The molecule has 2 atom stereocenters. The number of nitrogens with one attached hydrogen (secondary N) is 3. The maximum Gasteiger partial charge on any atom is 0.0651 e. The van der Waals surface area contributed by atoms with Crippen molar-refractivity contribution in [3.8, 4) is 0 Å². The molecule has 0 spiro atoms. The van der Waals surface area contributed by atoms with Crippen molar-refractivity contribution in [2.24, 2.45) is 0 Å². The van der Waals surface area contributed by atoms with E-state index < -0.39 is 0 Å². The number of rotatable bonds is 4. The molecule has 1 aromatic carbocycles. The van der Waals surface area contributed by atoms with Gasteiger partial charge in [-0.1, -0.05) is 0 Å². The number of fused-ring (bicyclic) bond motifs is 1. The first kappa shape index (κ1) is 12.4. The van der Waals surface area contributed by atoms with Gasteiger partial charge in [-0.15, -0.1) is 0 Å². The number of ether oxygens (including phenoxy) is 1. The Labute approximate surface area is 112 Å². The van der Waals surface area contributed by atoms with Crippen LogP contribution in [-0.4, -0.2) is 42.0 Å². The lowest BCUT2D eigenvalue weighted by molar-refractivity contribution is 0.0731. The molecule has 2 heterocycles. The van der Waals surface area contributed by atoms with Crippen LogP contribution in [0.4, 0.5) is 5.69 Å². The van der Waals surface area contributed by atoms with Crippen molar-refractivity contribution in [1.82, 2.24) is 15.5 Å². The predicted molar refractivity (Wildman–Crippen MR) is 76.4 cm³/mol. The molecular weight excluding hydrogens is 240 g/mol. The van der Waals surface area contributed by atoms with Crippen LogP contribution in [-0.2, 0) is 4.74 Å². The molecule has 102 valence electrons. The molecule has 0 saturated carbocycles. The van der Waals surface area contributed by atoms with Gasteiger partial charge in [0.1, 0.15) is 0 Å². The second kappa shape index (κ2) is 5.59. The second-order valence-electron chi connectivity index (χ2n) is 5.18. The average Bonchev–Trinajstić information content (AvgIpc) is 2.87. The number of hydrogen-bond acceptors (Lipinski definition) is 4. The van der Waals surface area contributed by atoms with Gasteiger partial charge in [0.25, 0.3) is 0 Å². The lowest BCUT2D eigenvalue weighted by Gasteiger charge is -2.27. The predicted octanol–water partition coefficient (Wildman–Crippen LogP) is 1.74. The van der Waals surface area contributed by atoms with Gasteiger partial charge >= 0.3 is 0 Å². The summed E-state index contributed by atoms with van der Waals surface area (Å²) in [5, 5.41) is 15.1. The van der Waals surface area contributed by atoms with Crippen molar-refractivity contribution in [3.63, 3.8) is 0 Å². The molecule has 0 aliphatic carbocycles. The molecule has 5 heteroatoms. The van der Waals surface area contributed by atoms with Gasteiger partial charge in [-0.3, -0.25) is 5.10 Å². The molecule has 2 aromatic rings. The van der Waals surface area contributed by atoms with Crippen molar-refractivity contribution in [1.29, 1.82) is 0 Å². The first-order valence-corrected chi connectivity index (χ1v) is 6.82. The normalized spacial score (nSPS) is 21.4. The van der Waals surface area contributed by atoms with E-state index in [-0.39, 0.29) is 0 Å². The van der Waals surface area contributed by atoms with Crippen molar-refractivity contribution in [2.45, 2.75) is 25.4 Å². The zero-order valence-electron chi connectivity index (χ0n) is 11.1.